The summed E-state index contributed by atoms with van der Waals surface area (Å²) in [5.74, 6) is -0.506. The van der Waals surface area contributed by atoms with E-state index in [9.17, 15) is 22.8 Å². The predicted molar refractivity (Wildman–Crippen MR) is 135 cm³/mol. The first-order chi connectivity index (χ1) is 17.0. The molecule has 3 N–H and O–H groups in total. The van der Waals surface area contributed by atoms with Crippen molar-refractivity contribution < 1.29 is 27.5 Å². The molecule has 7 nitrogen and oxygen atoms in total. The van der Waals surface area contributed by atoms with Gasteiger partial charge in [0.25, 0.3) is 5.91 Å². The third-order valence-corrected chi connectivity index (χ3v) is 7.71. The van der Waals surface area contributed by atoms with Crippen LogP contribution in [-0.2, 0) is 9.53 Å². The largest absolute Gasteiger partial charge is 0.465 e. The Morgan fingerprint density at radius 2 is 1.81 bits per heavy atom. The zero-order valence-electron chi connectivity index (χ0n) is 20.4. The summed E-state index contributed by atoms with van der Waals surface area (Å²) >= 11 is 3.53. The van der Waals surface area contributed by atoms with E-state index in [2.05, 4.69) is 31.0 Å². The summed E-state index contributed by atoms with van der Waals surface area (Å²) in [4.78, 5) is 30.9. The Morgan fingerprint density at radius 1 is 1.19 bits per heavy atom. The SMILES string of the molecule is COC(=O)c1ccc([C@H](C)NC(=O)C(C2=NCCN2CC2CCC(CBr)CC2)=C(N)C(F)(F)F)cc1. The molecule has 1 aliphatic carbocycles. The molecule has 1 aliphatic heterocycles. The number of alkyl halides is 4. The van der Waals surface area contributed by atoms with Crippen LogP contribution in [0.3, 0.4) is 0 Å². The molecule has 1 amide bonds. The number of hydrogen-bond acceptors (Lipinski definition) is 6. The highest BCUT2D eigenvalue weighted by molar-refractivity contribution is 9.09. The van der Waals surface area contributed by atoms with Crippen molar-refractivity contribution in [3.63, 3.8) is 0 Å². The zero-order chi connectivity index (χ0) is 26.5. The number of amides is 1. The number of nitrogens with one attached hydrogen (secondary N) is 1. The number of nitrogens with two attached hydrogens (primary N) is 1. The number of aliphatic imine (C=N–C) groups is 1. The van der Waals surface area contributed by atoms with Crippen molar-refractivity contribution in [1.82, 2.24) is 10.2 Å². The van der Waals surface area contributed by atoms with E-state index in [0.717, 1.165) is 31.0 Å². The number of carbonyl (C=O) groups is 2. The van der Waals surface area contributed by atoms with Crippen LogP contribution in [0.15, 0.2) is 40.5 Å². The second-order valence-electron chi connectivity index (χ2n) is 9.29. The van der Waals surface area contributed by atoms with Crippen LogP contribution in [-0.4, -0.2) is 60.9 Å². The average Bonchev–Trinajstić information content (AvgIpc) is 3.31. The highest BCUT2D eigenvalue weighted by Crippen LogP contribution is 2.32. The maximum Gasteiger partial charge on any atom is 0.431 e. The van der Waals surface area contributed by atoms with Crippen LogP contribution in [0, 0.1) is 11.8 Å². The summed E-state index contributed by atoms with van der Waals surface area (Å²) in [7, 11) is 1.27. The fourth-order valence-electron chi connectivity index (χ4n) is 4.64. The van der Waals surface area contributed by atoms with Crippen molar-refractivity contribution >= 4 is 33.6 Å². The molecule has 1 saturated carbocycles. The number of carbonyl (C=O) groups excluding carboxylic acids is 2. The van der Waals surface area contributed by atoms with Gasteiger partial charge in [-0.3, -0.25) is 9.79 Å². The molecule has 0 radical (unpaired) electrons. The Balaban J connectivity index is 1.79. The van der Waals surface area contributed by atoms with Gasteiger partial charge in [-0.05, 0) is 62.1 Å². The van der Waals surface area contributed by atoms with Gasteiger partial charge in [-0.1, -0.05) is 28.1 Å². The highest BCUT2D eigenvalue weighted by Gasteiger charge is 2.40. The number of rotatable bonds is 8. The number of ether oxygens (including phenoxy) is 1. The molecule has 1 aromatic carbocycles. The topological polar surface area (TPSA) is 97.0 Å². The lowest BCUT2D eigenvalue weighted by Crippen LogP contribution is -2.42. The molecule has 1 heterocycles. The molecule has 2 aliphatic rings. The average molecular weight is 573 g/mol. The lowest BCUT2D eigenvalue weighted by molar-refractivity contribution is -0.119. The maximum absolute atomic E-state index is 13.7. The van der Waals surface area contributed by atoms with Crippen molar-refractivity contribution in [3.05, 3.63) is 46.7 Å². The highest BCUT2D eigenvalue weighted by atomic mass is 79.9. The molecular formula is C25H32BrF3N4O3. The molecule has 1 atom stereocenters. The monoisotopic (exact) mass is 572 g/mol. The van der Waals surface area contributed by atoms with Gasteiger partial charge in [0, 0.05) is 18.4 Å². The number of allylic oxidation sites excluding steroid dienone is 1. The van der Waals surface area contributed by atoms with Crippen molar-refractivity contribution in [1.29, 1.82) is 0 Å². The number of nitrogens with zero attached hydrogens (tertiary/aromatic N) is 2. The lowest BCUT2D eigenvalue weighted by atomic mass is 9.82. The van der Waals surface area contributed by atoms with Crippen LogP contribution < -0.4 is 11.1 Å². The fourth-order valence-corrected chi connectivity index (χ4v) is 5.29. The van der Waals surface area contributed by atoms with Gasteiger partial charge in [-0.2, -0.15) is 13.2 Å². The number of halogens is 4. The Morgan fingerprint density at radius 3 is 2.36 bits per heavy atom. The van der Waals surface area contributed by atoms with E-state index < -0.39 is 35.4 Å². The summed E-state index contributed by atoms with van der Waals surface area (Å²) in [6.45, 7) is 2.93. The maximum atomic E-state index is 13.7. The summed E-state index contributed by atoms with van der Waals surface area (Å²) < 4.78 is 45.8. The zero-order valence-corrected chi connectivity index (χ0v) is 22.0. The minimum absolute atomic E-state index is 0.00169. The van der Waals surface area contributed by atoms with Gasteiger partial charge in [-0.15, -0.1) is 0 Å². The number of amidine groups is 1. The first kappa shape index (κ1) is 28.0. The normalized spacial score (nSPS) is 21.9. The van der Waals surface area contributed by atoms with E-state index in [1.165, 1.54) is 19.2 Å². The van der Waals surface area contributed by atoms with Crippen LogP contribution in [0.1, 0.15) is 54.6 Å². The Hall–Kier alpha value is -2.56. The van der Waals surface area contributed by atoms with Crippen LogP contribution >= 0.6 is 15.9 Å². The smallest absolute Gasteiger partial charge is 0.431 e. The molecule has 1 fully saturated rings. The Bertz CT molecular complexity index is 1000. The molecule has 1 aromatic rings. The molecular weight excluding hydrogens is 541 g/mol. The van der Waals surface area contributed by atoms with Crippen LogP contribution in [0.4, 0.5) is 13.2 Å². The van der Waals surface area contributed by atoms with Gasteiger partial charge in [0.15, 0.2) is 0 Å². The molecule has 0 spiro atoms. The van der Waals surface area contributed by atoms with Crippen molar-refractivity contribution in [2.45, 2.75) is 44.8 Å². The number of methoxy groups -OCH3 is 1. The van der Waals surface area contributed by atoms with E-state index in [0.29, 0.717) is 42.6 Å². The third-order valence-electron chi connectivity index (χ3n) is 6.80. The molecule has 0 bridgehead atoms. The molecule has 36 heavy (non-hydrogen) atoms. The van der Waals surface area contributed by atoms with Crippen LogP contribution in [0.2, 0.25) is 0 Å². The number of hydrogen-bond donors (Lipinski definition) is 2. The van der Waals surface area contributed by atoms with Crippen LogP contribution in [0.5, 0.6) is 0 Å². The first-order valence-corrected chi connectivity index (χ1v) is 13.1. The molecule has 0 aromatic heterocycles. The van der Waals surface area contributed by atoms with E-state index in [4.69, 9.17) is 5.73 Å². The second-order valence-corrected chi connectivity index (χ2v) is 9.94. The van der Waals surface area contributed by atoms with Crippen molar-refractivity contribution in [2.24, 2.45) is 22.6 Å². The summed E-state index contributed by atoms with van der Waals surface area (Å²) in [5.41, 5.74) is 4.35. The number of esters is 1. The molecule has 11 heteroatoms. The van der Waals surface area contributed by atoms with E-state index in [1.807, 2.05) is 0 Å². The van der Waals surface area contributed by atoms with E-state index in [-0.39, 0.29) is 5.84 Å². The van der Waals surface area contributed by atoms with Gasteiger partial charge < -0.3 is 20.7 Å². The minimum Gasteiger partial charge on any atom is -0.465 e. The van der Waals surface area contributed by atoms with E-state index in [1.54, 1.807) is 24.0 Å². The van der Waals surface area contributed by atoms with Gasteiger partial charge in [-0.25, -0.2) is 4.79 Å². The van der Waals surface area contributed by atoms with Gasteiger partial charge in [0.1, 0.15) is 17.1 Å². The van der Waals surface area contributed by atoms with Gasteiger partial charge in [0.2, 0.25) is 0 Å². The third kappa shape index (κ3) is 6.80. The Kier molecular flexibility index (Phi) is 9.43. The Labute approximate surface area is 217 Å². The fraction of sp³-hybridized carbons (Fsp3) is 0.560. The first-order valence-electron chi connectivity index (χ1n) is 12.0. The molecule has 198 valence electrons. The quantitative estimate of drug-likeness (QED) is 0.274. The summed E-state index contributed by atoms with van der Waals surface area (Å²) in [6, 6.07) is 5.62. The van der Waals surface area contributed by atoms with Crippen molar-refractivity contribution in [2.75, 3.05) is 32.1 Å². The van der Waals surface area contributed by atoms with Gasteiger partial charge in [0.05, 0.1) is 25.3 Å². The molecule has 0 saturated heterocycles. The predicted octanol–water partition coefficient (Wildman–Crippen LogP) is 4.34. The summed E-state index contributed by atoms with van der Waals surface area (Å²) in [5, 5.41) is 3.57. The molecule has 3 rings (SSSR count). The lowest BCUT2D eigenvalue weighted by Gasteiger charge is -2.32. The van der Waals surface area contributed by atoms with Crippen LogP contribution in [0.25, 0.3) is 0 Å². The van der Waals surface area contributed by atoms with E-state index >= 15 is 0 Å². The standard InChI is InChI=1S/C25H32BrF3N4O3/c1-15(18-7-9-19(10-8-18)24(35)36-2)32-23(34)20(21(30)25(27,28)29)22-31-11-12-33(22)14-17-5-3-16(13-26)4-6-17/h7-10,15-17H,3-6,11-14,30H2,1-2H3,(H,32,34)/t15-,16?,17?/m0/s1. The minimum atomic E-state index is -4.89. The number of benzene rings is 1. The van der Waals surface area contributed by atoms with Crippen molar-refractivity contribution in [3.8, 4) is 0 Å². The van der Waals surface area contributed by atoms with Gasteiger partial charge >= 0.3 is 12.1 Å². The molecule has 0 unspecified atom stereocenters. The summed E-state index contributed by atoms with van der Waals surface area (Å²) in [6.07, 6.45) is -0.785. The second kappa shape index (κ2) is 12.1.